The first kappa shape index (κ1) is 23.7. The second-order valence-corrected chi connectivity index (χ2v) is 5.31. The van der Waals surface area contributed by atoms with Gasteiger partial charge in [0.2, 0.25) is 5.67 Å². The molecule has 1 rings (SSSR count). The van der Waals surface area contributed by atoms with Gasteiger partial charge in [-0.25, -0.2) is 8.78 Å². The molecule has 27 heavy (non-hydrogen) atoms. The van der Waals surface area contributed by atoms with Crippen molar-refractivity contribution in [2.24, 2.45) is 0 Å². The van der Waals surface area contributed by atoms with E-state index in [0.717, 1.165) is 0 Å². The largest absolute Gasteiger partial charge is 0.458 e. The van der Waals surface area contributed by atoms with Gasteiger partial charge in [0.05, 0.1) is 0 Å². The van der Waals surface area contributed by atoms with E-state index in [9.17, 15) is 65.9 Å². The van der Waals surface area contributed by atoms with E-state index >= 15 is 0 Å². The van der Waals surface area contributed by atoms with Crippen LogP contribution >= 0.6 is 0 Å². The number of hydrogen-bond donors (Lipinski definition) is 0. The summed E-state index contributed by atoms with van der Waals surface area (Å²) in [6, 6.07) is 0. The minimum Gasteiger partial charge on any atom is -0.286 e. The average molecular weight is 438 g/mol. The maximum absolute atomic E-state index is 14.3. The molecule has 0 aromatic rings. The molecule has 0 aromatic carbocycles. The minimum absolute atomic E-state index is 0.343. The van der Waals surface area contributed by atoms with Gasteiger partial charge in [0.15, 0.2) is 0 Å². The summed E-state index contributed by atoms with van der Waals surface area (Å²) in [5.41, 5.74) is -6.28. The summed E-state index contributed by atoms with van der Waals surface area (Å²) in [5, 5.41) is 0. The first-order valence-corrected chi connectivity index (χ1v) is 6.16. The van der Waals surface area contributed by atoms with Crippen molar-refractivity contribution in [3.63, 3.8) is 0 Å². The maximum Gasteiger partial charge on any atom is 0.458 e. The van der Waals surface area contributed by atoms with E-state index in [1.807, 2.05) is 4.74 Å². The summed E-state index contributed by atoms with van der Waals surface area (Å²) in [6.45, 7) is 2.37. The summed E-state index contributed by atoms with van der Waals surface area (Å²) < 4.78 is 198. The highest BCUT2D eigenvalue weighted by molar-refractivity contribution is 5.28. The summed E-state index contributed by atoms with van der Waals surface area (Å²) >= 11 is 0. The van der Waals surface area contributed by atoms with Gasteiger partial charge in [-0.15, -0.1) is 6.58 Å². The maximum atomic E-state index is 14.3. The molecule has 0 N–H and O–H groups in total. The van der Waals surface area contributed by atoms with Crippen molar-refractivity contribution < 1.29 is 70.6 Å². The molecule has 1 aliphatic rings. The van der Waals surface area contributed by atoms with Crippen LogP contribution in [0.25, 0.3) is 0 Å². The van der Waals surface area contributed by atoms with Gasteiger partial charge in [-0.3, -0.25) is 4.74 Å². The number of halogens is 15. The topological polar surface area (TPSA) is 9.23 Å². The summed E-state index contributed by atoms with van der Waals surface area (Å²) in [5.74, 6) is -36.2. The van der Waals surface area contributed by atoms with Crippen molar-refractivity contribution in [2.45, 2.75) is 53.9 Å². The van der Waals surface area contributed by atoms with Gasteiger partial charge in [0.1, 0.15) is 0 Å². The molecule has 0 aromatic heterocycles. The fourth-order valence-corrected chi connectivity index (χ4v) is 2.17. The highest BCUT2D eigenvalue weighted by Gasteiger charge is 3.01. The molecule has 1 saturated carbocycles. The molecule has 2 unspecified atom stereocenters. The number of allylic oxidation sites excluding steroid dienone is 1. The van der Waals surface area contributed by atoms with Crippen LogP contribution in [-0.4, -0.2) is 47.5 Å². The third-order valence-electron chi connectivity index (χ3n) is 3.64. The first-order valence-electron chi connectivity index (χ1n) is 6.16. The molecule has 2 atom stereocenters. The molecule has 0 bridgehead atoms. The Bertz CT molecular complexity index is 590. The Morgan fingerprint density at radius 2 is 1.04 bits per heavy atom. The second kappa shape index (κ2) is 5.59. The van der Waals surface area contributed by atoms with E-state index in [4.69, 9.17) is 0 Å². The van der Waals surface area contributed by atoms with Gasteiger partial charge in [-0.2, -0.15) is 57.1 Å². The smallest absolute Gasteiger partial charge is 0.286 e. The minimum atomic E-state index is -7.55. The lowest BCUT2D eigenvalue weighted by molar-refractivity contribution is -0.492. The van der Waals surface area contributed by atoms with Crippen molar-refractivity contribution in [3.05, 3.63) is 12.7 Å². The number of alkyl halides is 15. The fraction of sp³-hybridized carbons (Fsp3) is 0.818. The second-order valence-electron chi connectivity index (χ2n) is 5.31. The van der Waals surface area contributed by atoms with E-state index in [1.54, 1.807) is 0 Å². The van der Waals surface area contributed by atoms with Crippen molar-refractivity contribution in [2.75, 3.05) is 0 Å². The predicted molar refractivity (Wildman–Crippen MR) is 54.4 cm³/mol. The van der Waals surface area contributed by atoms with Gasteiger partial charge >= 0.3 is 41.8 Å². The highest BCUT2D eigenvalue weighted by atomic mass is 19.4. The molecule has 0 heterocycles. The van der Waals surface area contributed by atoms with Crippen LogP contribution in [0.5, 0.6) is 0 Å². The van der Waals surface area contributed by atoms with E-state index in [1.165, 1.54) is 0 Å². The van der Waals surface area contributed by atoms with Crippen LogP contribution in [0, 0.1) is 0 Å². The van der Waals surface area contributed by atoms with Crippen molar-refractivity contribution >= 4 is 0 Å². The SMILES string of the molecule is C=CCC1(F)C(F)(F)C(F)(F)C(F)(F)C1(F)OC(F)(C(F)(F)F)C(F)(F)F. The van der Waals surface area contributed by atoms with E-state index in [-0.39, 0.29) is 6.08 Å². The zero-order valence-corrected chi connectivity index (χ0v) is 12.1. The summed E-state index contributed by atoms with van der Waals surface area (Å²) in [4.78, 5) is 0. The molecule has 1 fully saturated rings. The Balaban J connectivity index is 3.88. The van der Waals surface area contributed by atoms with Crippen LogP contribution in [-0.2, 0) is 4.74 Å². The van der Waals surface area contributed by atoms with Gasteiger partial charge in [0, 0.05) is 6.42 Å². The quantitative estimate of drug-likeness (QED) is 0.407. The Hall–Kier alpha value is -1.35. The van der Waals surface area contributed by atoms with Crippen LogP contribution in [0.1, 0.15) is 6.42 Å². The lowest BCUT2D eigenvalue weighted by Crippen LogP contribution is -2.67. The van der Waals surface area contributed by atoms with Crippen molar-refractivity contribution in [1.29, 1.82) is 0 Å². The van der Waals surface area contributed by atoms with Gasteiger partial charge < -0.3 is 0 Å². The van der Waals surface area contributed by atoms with Crippen LogP contribution in [0.3, 0.4) is 0 Å². The molecule has 16 heteroatoms. The zero-order chi connectivity index (χ0) is 22.1. The Kier molecular flexibility index (Phi) is 4.91. The van der Waals surface area contributed by atoms with Gasteiger partial charge in [-0.1, -0.05) is 6.08 Å². The van der Waals surface area contributed by atoms with E-state index in [0.29, 0.717) is 0 Å². The molecule has 0 amide bonds. The van der Waals surface area contributed by atoms with Gasteiger partial charge in [-0.05, 0) is 0 Å². The summed E-state index contributed by atoms with van der Waals surface area (Å²) in [7, 11) is 0. The molecule has 160 valence electrons. The standard InChI is InChI=1S/C11H5F15O/c1-2-3-4(12)5(13,14)6(15,16)7(17,18)8(4,19)27-9(20,10(21,22)23)11(24,25)26/h2H,1,3H2. The molecular formula is C11H5F15O. The Morgan fingerprint density at radius 3 is 1.33 bits per heavy atom. The normalized spacial score (nSPS) is 33.1. The number of ether oxygens (including phenoxy) is 1. The van der Waals surface area contributed by atoms with Crippen LogP contribution in [0.2, 0.25) is 0 Å². The number of rotatable bonds is 4. The zero-order valence-electron chi connectivity index (χ0n) is 12.1. The fourth-order valence-electron chi connectivity index (χ4n) is 2.17. The van der Waals surface area contributed by atoms with E-state index < -0.39 is 53.9 Å². The summed E-state index contributed by atoms with van der Waals surface area (Å²) in [6.07, 6.45) is -18.1. The Labute approximate surface area is 138 Å². The molecule has 1 nitrogen and oxygen atoms in total. The molecule has 1 aliphatic carbocycles. The molecule has 0 spiro atoms. The average Bonchev–Trinajstić information content (AvgIpc) is 2.47. The van der Waals surface area contributed by atoms with Crippen LogP contribution < -0.4 is 0 Å². The number of hydrogen-bond acceptors (Lipinski definition) is 1. The highest BCUT2D eigenvalue weighted by Crippen LogP contribution is 2.71. The van der Waals surface area contributed by atoms with Gasteiger partial charge in [0.25, 0.3) is 0 Å². The van der Waals surface area contributed by atoms with Crippen LogP contribution in [0.15, 0.2) is 12.7 Å². The van der Waals surface area contributed by atoms with Crippen molar-refractivity contribution in [3.8, 4) is 0 Å². The third kappa shape index (κ3) is 2.46. The Morgan fingerprint density at radius 1 is 0.667 bits per heavy atom. The third-order valence-corrected chi connectivity index (χ3v) is 3.64. The molecule has 0 aliphatic heterocycles. The molecule has 0 saturated heterocycles. The monoisotopic (exact) mass is 438 g/mol. The van der Waals surface area contributed by atoms with Crippen molar-refractivity contribution in [1.82, 2.24) is 0 Å². The lowest BCUT2D eigenvalue weighted by Gasteiger charge is -2.40. The molecular weight excluding hydrogens is 433 g/mol. The predicted octanol–water partition coefficient (Wildman–Crippen LogP) is 5.66. The first-order chi connectivity index (χ1) is 11.5. The molecule has 0 radical (unpaired) electrons. The van der Waals surface area contributed by atoms with Crippen LogP contribution in [0.4, 0.5) is 65.9 Å². The van der Waals surface area contributed by atoms with E-state index in [2.05, 4.69) is 6.58 Å². The lowest BCUT2D eigenvalue weighted by atomic mass is 9.91.